The average Bonchev–Trinajstić information content (AvgIpc) is 2.90. The summed E-state index contributed by atoms with van der Waals surface area (Å²) in [7, 11) is 0. The summed E-state index contributed by atoms with van der Waals surface area (Å²) in [6, 6.07) is 8.23. The normalized spacial score (nSPS) is 11.4. The summed E-state index contributed by atoms with van der Waals surface area (Å²) in [5.41, 5.74) is 2.34. The standard InChI is InChI=1S/C16H19NO2S/c1-5-19-15(18)16(3,4)13-10-20-14(17-13)12-8-6-11(2)7-9-12/h6-10H,5H2,1-4H3. The molecule has 0 aliphatic rings. The van der Waals surface area contributed by atoms with E-state index in [2.05, 4.69) is 36.2 Å². The third-order valence-corrected chi connectivity index (χ3v) is 4.12. The van der Waals surface area contributed by atoms with Crippen molar-refractivity contribution in [3.8, 4) is 10.6 Å². The Morgan fingerprint density at radius 1 is 1.30 bits per heavy atom. The second kappa shape index (κ2) is 5.75. The fourth-order valence-corrected chi connectivity index (χ4v) is 2.80. The maximum absolute atomic E-state index is 12.0. The second-order valence-electron chi connectivity index (χ2n) is 5.25. The number of hydrogen-bond donors (Lipinski definition) is 0. The Kier molecular flexibility index (Phi) is 4.23. The van der Waals surface area contributed by atoms with Gasteiger partial charge in [0.2, 0.25) is 0 Å². The van der Waals surface area contributed by atoms with Gasteiger partial charge in [0.25, 0.3) is 0 Å². The molecule has 0 aliphatic heterocycles. The lowest BCUT2D eigenvalue weighted by Crippen LogP contribution is -2.31. The van der Waals surface area contributed by atoms with Gasteiger partial charge in [0.05, 0.1) is 12.3 Å². The van der Waals surface area contributed by atoms with Crippen LogP contribution < -0.4 is 0 Å². The first-order valence-electron chi connectivity index (χ1n) is 6.65. The molecule has 0 saturated heterocycles. The van der Waals surface area contributed by atoms with Crippen LogP contribution in [-0.4, -0.2) is 17.6 Å². The molecule has 0 radical (unpaired) electrons. The van der Waals surface area contributed by atoms with E-state index in [0.717, 1.165) is 16.3 Å². The van der Waals surface area contributed by atoms with Gasteiger partial charge in [-0.25, -0.2) is 4.98 Å². The van der Waals surface area contributed by atoms with E-state index in [1.807, 2.05) is 26.2 Å². The maximum atomic E-state index is 12.0. The minimum Gasteiger partial charge on any atom is -0.465 e. The van der Waals surface area contributed by atoms with E-state index in [9.17, 15) is 4.79 Å². The van der Waals surface area contributed by atoms with Crippen LogP contribution in [0.2, 0.25) is 0 Å². The Labute approximate surface area is 123 Å². The van der Waals surface area contributed by atoms with Gasteiger partial charge in [0.1, 0.15) is 10.4 Å². The first-order chi connectivity index (χ1) is 9.45. The van der Waals surface area contributed by atoms with E-state index in [1.165, 1.54) is 5.56 Å². The molecule has 1 aromatic heterocycles. The lowest BCUT2D eigenvalue weighted by atomic mass is 9.90. The Morgan fingerprint density at radius 2 is 1.95 bits per heavy atom. The summed E-state index contributed by atoms with van der Waals surface area (Å²) in [6.45, 7) is 7.95. The van der Waals surface area contributed by atoms with Gasteiger partial charge in [0.15, 0.2) is 0 Å². The van der Waals surface area contributed by atoms with E-state index in [1.54, 1.807) is 11.3 Å². The lowest BCUT2D eigenvalue weighted by Gasteiger charge is -2.19. The van der Waals surface area contributed by atoms with Crippen molar-refractivity contribution in [2.45, 2.75) is 33.1 Å². The molecule has 0 unspecified atom stereocenters. The molecule has 20 heavy (non-hydrogen) atoms. The smallest absolute Gasteiger partial charge is 0.317 e. The predicted molar refractivity (Wildman–Crippen MR) is 81.9 cm³/mol. The Bertz CT molecular complexity index is 599. The first-order valence-corrected chi connectivity index (χ1v) is 7.53. The molecule has 0 N–H and O–H groups in total. The number of esters is 1. The first kappa shape index (κ1) is 14.7. The molecule has 0 bridgehead atoms. The van der Waals surface area contributed by atoms with Gasteiger partial charge in [-0.15, -0.1) is 11.3 Å². The summed E-state index contributed by atoms with van der Waals surface area (Å²) in [5.74, 6) is -0.235. The number of thiazole rings is 1. The molecule has 4 heteroatoms. The number of benzene rings is 1. The number of aromatic nitrogens is 1. The van der Waals surface area contributed by atoms with Crippen molar-refractivity contribution in [2.75, 3.05) is 6.61 Å². The molecule has 0 aliphatic carbocycles. The third-order valence-electron chi connectivity index (χ3n) is 3.23. The van der Waals surface area contributed by atoms with Crippen LogP contribution in [0.1, 0.15) is 32.0 Å². The van der Waals surface area contributed by atoms with Gasteiger partial charge in [-0.3, -0.25) is 4.79 Å². The van der Waals surface area contributed by atoms with Crippen LogP contribution in [0.5, 0.6) is 0 Å². The highest BCUT2D eigenvalue weighted by Crippen LogP contribution is 2.31. The highest BCUT2D eigenvalue weighted by molar-refractivity contribution is 7.13. The number of ether oxygens (including phenoxy) is 1. The molecule has 0 spiro atoms. The molecule has 106 valence electrons. The summed E-state index contributed by atoms with van der Waals surface area (Å²) in [4.78, 5) is 16.6. The van der Waals surface area contributed by atoms with Gasteiger partial charge in [-0.1, -0.05) is 29.8 Å². The number of carbonyl (C=O) groups excluding carboxylic acids is 1. The van der Waals surface area contributed by atoms with Crippen LogP contribution in [0.25, 0.3) is 10.6 Å². The molecular formula is C16H19NO2S. The zero-order chi connectivity index (χ0) is 14.8. The lowest BCUT2D eigenvalue weighted by molar-refractivity contribution is -0.148. The van der Waals surface area contributed by atoms with Crippen LogP contribution in [0.4, 0.5) is 0 Å². The van der Waals surface area contributed by atoms with Gasteiger partial charge in [-0.2, -0.15) is 0 Å². The molecule has 0 fully saturated rings. The van der Waals surface area contributed by atoms with Crippen LogP contribution in [0.15, 0.2) is 29.6 Å². The average molecular weight is 289 g/mol. The minimum absolute atomic E-state index is 0.235. The second-order valence-corrected chi connectivity index (χ2v) is 6.11. The Balaban J connectivity index is 2.28. The highest BCUT2D eigenvalue weighted by Gasteiger charge is 2.33. The van der Waals surface area contributed by atoms with E-state index in [-0.39, 0.29) is 5.97 Å². The van der Waals surface area contributed by atoms with Crippen LogP contribution >= 0.6 is 11.3 Å². The molecule has 0 saturated carbocycles. The fourth-order valence-electron chi connectivity index (χ4n) is 1.81. The van der Waals surface area contributed by atoms with Gasteiger partial charge in [0, 0.05) is 10.9 Å². The predicted octanol–water partition coefficient (Wildman–Crippen LogP) is 3.96. The third kappa shape index (κ3) is 2.90. The van der Waals surface area contributed by atoms with Crippen molar-refractivity contribution in [3.05, 3.63) is 40.9 Å². The summed E-state index contributed by atoms with van der Waals surface area (Å²) >= 11 is 1.55. The monoisotopic (exact) mass is 289 g/mol. The molecule has 0 atom stereocenters. The summed E-state index contributed by atoms with van der Waals surface area (Å²) in [6.07, 6.45) is 0. The number of rotatable bonds is 4. The fraction of sp³-hybridized carbons (Fsp3) is 0.375. The number of aryl methyl sites for hydroxylation is 1. The zero-order valence-corrected chi connectivity index (χ0v) is 13.1. The van der Waals surface area contributed by atoms with Crippen molar-refractivity contribution < 1.29 is 9.53 Å². The quantitative estimate of drug-likeness (QED) is 0.800. The Hall–Kier alpha value is -1.68. The van der Waals surface area contributed by atoms with E-state index in [0.29, 0.717) is 6.61 Å². The SMILES string of the molecule is CCOC(=O)C(C)(C)c1csc(-c2ccc(C)cc2)n1. The van der Waals surface area contributed by atoms with Crippen LogP contribution in [-0.2, 0) is 14.9 Å². The number of hydrogen-bond acceptors (Lipinski definition) is 4. The summed E-state index contributed by atoms with van der Waals surface area (Å²) < 4.78 is 5.12. The Morgan fingerprint density at radius 3 is 2.55 bits per heavy atom. The molecule has 2 rings (SSSR count). The van der Waals surface area contributed by atoms with E-state index >= 15 is 0 Å². The van der Waals surface area contributed by atoms with Crippen LogP contribution in [0.3, 0.4) is 0 Å². The van der Waals surface area contributed by atoms with E-state index < -0.39 is 5.41 Å². The maximum Gasteiger partial charge on any atom is 0.317 e. The topological polar surface area (TPSA) is 39.2 Å². The zero-order valence-electron chi connectivity index (χ0n) is 12.3. The summed E-state index contributed by atoms with van der Waals surface area (Å²) in [5, 5.41) is 2.86. The highest BCUT2D eigenvalue weighted by atomic mass is 32.1. The van der Waals surface area contributed by atoms with Gasteiger partial charge < -0.3 is 4.74 Å². The molecule has 1 heterocycles. The minimum atomic E-state index is -0.713. The van der Waals surface area contributed by atoms with Crippen LogP contribution in [0, 0.1) is 6.92 Å². The van der Waals surface area contributed by atoms with E-state index in [4.69, 9.17) is 4.74 Å². The van der Waals surface area contributed by atoms with Gasteiger partial charge >= 0.3 is 5.97 Å². The number of nitrogens with zero attached hydrogens (tertiary/aromatic N) is 1. The van der Waals surface area contributed by atoms with Crippen molar-refractivity contribution in [3.63, 3.8) is 0 Å². The van der Waals surface area contributed by atoms with Crippen molar-refractivity contribution in [2.24, 2.45) is 0 Å². The number of carbonyl (C=O) groups is 1. The molecule has 3 nitrogen and oxygen atoms in total. The van der Waals surface area contributed by atoms with Gasteiger partial charge in [-0.05, 0) is 27.7 Å². The van der Waals surface area contributed by atoms with Crippen molar-refractivity contribution in [1.82, 2.24) is 4.98 Å². The molecule has 2 aromatic rings. The van der Waals surface area contributed by atoms with Crippen molar-refractivity contribution in [1.29, 1.82) is 0 Å². The molecular weight excluding hydrogens is 270 g/mol. The largest absolute Gasteiger partial charge is 0.465 e. The molecule has 1 aromatic carbocycles. The van der Waals surface area contributed by atoms with Crippen molar-refractivity contribution >= 4 is 17.3 Å². The molecule has 0 amide bonds.